The molecule has 0 aromatic carbocycles. The fourth-order valence-electron chi connectivity index (χ4n) is 1.16. The first-order valence-electron chi connectivity index (χ1n) is 5.31. The molecule has 0 aliphatic rings. The zero-order valence-electron chi connectivity index (χ0n) is 9.21. The Labute approximate surface area is 86.2 Å². The van der Waals surface area contributed by atoms with Gasteiger partial charge in [-0.15, -0.1) is 0 Å². The minimum Gasteiger partial charge on any atom is -0.372 e. The standard InChI is InChI=1S/C10H22N2O2/c1-3-7-14-8-10(13)12-9(4-2)5-6-11/h9H,3-8,11H2,1-2H3,(H,12,13). The molecule has 0 saturated carbocycles. The summed E-state index contributed by atoms with van der Waals surface area (Å²) in [7, 11) is 0. The summed E-state index contributed by atoms with van der Waals surface area (Å²) in [4.78, 5) is 11.3. The number of nitrogens with two attached hydrogens (primary N) is 1. The van der Waals surface area contributed by atoms with Crippen LogP contribution in [0.3, 0.4) is 0 Å². The van der Waals surface area contributed by atoms with E-state index in [1.807, 2.05) is 13.8 Å². The van der Waals surface area contributed by atoms with Gasteiger partial charge in [-0.2, -0.15) is 0 Å². The van der Waals surface area contributed by atoms with Crippen LogP contribution in [0.15, 0.2) is 0 Å². The molecule has 4 heteroatoms. The fourth-order valence-corrected chi connectivity index (χ4v) is 1.16. The summed E-state index contributed by atoms with van der Waals surface area (Å²) in [5.41, 5.74) is 5.42. The van der Waals surface area contributed by atoms with E-state index < -0.39 is 0 Å². The lowest BCUT2D eigenvalue weighted by Crippen LogP contribution is -2.38. The van der Waals surface area contributed by atoms with Gasteiger partial charge >= 0.3 is 0 Å². The number of amides is 1. The Balaban J connectivity index is 3.56. The Morgan fingerprint density at radius 3 is 2.71 bits per heavy atom. The summed E-state index contributed by atoms with van der Waals surface area (Å²) < 4.78 is 5.12. The molecule has 0 heterocycles. The second-order valence-corrected chi connectivity index (χ2v) is 3.30. The van der Waals surface area contributed by atoms with Gasteiger partial charge in [0.1, 0.15) is 6.61 Å². The molecule has 0 bridgehead atoms. The summed E-state index contributed by atoms with van der Waals surface area (Å²) in [6.07, 6.45) is 2.68. The van der Waals surface area contributed by atoms with Crippen LogP contribution in [0.1, 0.15) is 33.1 Å². The van der Waals surface area contributed by atoms with Crippen LogP contribution in [0, 0.1) is 0 Å². The third kappa shape index (κ3) is 6.86. The number of carbonyl (C=O) groups is 1. The molecule has 0 radical (unpaired) electrons. The van der Waals surface area contributed by atoms with E-state index >= 15 is 0 Å². The number of ether oxygens (including phenoxy) is 1. The second-order valence-electron chi connectivity index (χ2n) is 3.30. The third-order valence-corrected chi connectivity index (χ3v) is 1.95. The van der Waals surface area contributed by atoms with Crippen molar-refractivity contribution in [3.8, 4) is 0 Å². The van der Waals surface area contributed by atoms with Crippen LogP contribution in [0.4, 0.5) is 0 Å². The lowest BCUT2D eigenvalue weighted by Gasteiger charge is -2.15. The monoisotopic (exact) mass is 202 g/mol. The van der Waals surface area contributed by atoms with Gasteiger partial charge in [0.15, 0.2) is 0 Å². The molecule has 0 aliphatic carbocycles. The molecule has 3 N–H and O–H groups in total. The van der Waals surface area contributed by atoms with Crippen LogP contribution in [0.5, 0.6) is 0 Å². The highest BCUT2D eigenvalue weighted by atomic mass is 16.5. The van der Waals surface area contributed by atoms with Gasteiger partial charge in [0.25, 0.3) is 0 Å². The lowest BCUT2D eigenvalue weighted by atomic mass is 10.1. The van der Waals surface area contributed by atoms with Crippen LogP contribution in [-0.2, 0) is 9.53 Å². The number of rotatable bonds is 8. The highest BCUT2D eigenvalue weighted by Gasteiger charge is 2.08. The largest absolute Gasteiger partial charge is 0.372 e. The molecule has 1 amide bonds. The van der Waals surface area contributed by atoms with Crippen LogP contribution in [0.25, 0.3) is 0 Å². The molecule has 0 aromatic heterocycles. The summed E-state index contributed by atoms with van der Waals surface area (Å²) >= 11 is 0. The van der Waals surface area contributed by atoms with Gasteiger partial charge < -0.3 is 15.8 Å². The van der Waals surface area contributed by atoms with Gasteiger partial charge in [-0.3, -0.25) is 4.79 Å². The van der Waals surface area contributed by atoms with Crippen LogP contribution >= 0.6 is 0 Å². The summed E-state index contributed by atoms with van der Waals surface area (Å²) in [5.74, 6) is -0.0428. The third-order valence-electron chi connectivity index (χ3n) is 1.95. The highest BCUT2D eigenvalue weighted by molar-refractivity contribution is 5.77. The van der Waals surface area contributed by atoms with E-state index in [0.717, 1.165) is 19.3 Å². The van der Waals surface area contributed by atoms with Crippen molar-refractivity contribution in [1.82, 2.24) is 5.32 Å². The number of carbonyl (C=O) groups excluding carboxylic acids is 1. The van der Waals surface area contributed by atoms with E-state index in [4.69, 9.17) is 10.5 Å². The average molecular weight is 202 g/mol. The van der Waals surface area contributed by atoms with Crippen LogP contribution in [-0.4, -0.2) is 31.7 Å². The maximum absolute atomic E-state index is 11.3. The number of hydrogen-bond acceptors (Lipinski definition) is 3. The normalized spacial score (nSPS) is 12.5. The maximum Gasteiger partial charge on any atom is 0.246 e. The molecular weight excluding hydrogens is 180 g/mol. The van der Waals surface area contributed by atoms with Crippen molar-refractivity contribution in [2.75, 3.05) is 19.8 Å². The van der Waals surface area contributed by atoms with Crippen LogP contribution in [0.2, 0.25) is 0 Å². The van der Waals surface area contributed by atoms with E-state index in [1.165, 1.54) is 0 Å². The molecule has 0 fully saturated rings. The first-order chi connectivity index (χ1) is 6.74. The van der Waals surface area contributed by atoms with Gasteiger partial charge in [-0.25, -0.2) is 0 Å². The van der Waals surface area contributed by atoms with Crippen molar-refractivity contribution in [2.24, 2.45) is 5.73 Å². The second kappa shape index (κ2) is 8.97. The molecule has 4 nitrogen and oxygen atoms in total. The Morgan fingerprint density at radius 1 is 1.50 bits per heavy atom. The maximum atomic E-state index is 11.3. The van der Waals surface area contributed by atoms with Crippen molar-refractivity contribution in [3.05, 3.63) is 0 Å². The molecule has 0 spiro atoms. The number of nitrogens with one attached hydrogen (secondary N) is 1. The summed E-state index contributed by atoms with van der Waals surface area (Å²) in [6.45, 7) is 5.46. The van der Waals surface area contributed by atoms with Crippen molar-refractivity contribution in [1.29, 1.82) is 0 Å². The van der Waals surface area contributed by atoms with E-state index in [2.05, 4.69) is 5.32 Å². The minimum atomic E-state index is -0.0428. The van der Waals surface area contributed by atoms with Gasteiger partial charge in [-0.1, -0.05) is 13.8 Å². The smallest absolute Gasteiger partial charge is 0.246 e. The van der Waals surface area contributed by atoms with Crippen LogP contribution < -0.4 is 11.1 Å². The van der Waals surface area contributed by atoms with Gasteiger partial charge in [0.05, 0.1) is 0 Å². The predicted octanol–water partition coefficient (Wildman–Crippen LogP) is 0.657. The Bertz CT molecular complexity index is 151. The Kier molecular flexibility index (Phi) is 8.57. The van der Waals surface area contributed by atoms with Crippen molar-refractivity contribution >= 4 is 5.91 Å². The average Bonchev–Trinajstić information content (AvgIpc) is 2.17. The SMILES string of the molecule is CCCOCC(=O)NC(CC)CCN. The lowest BCUT2D eigenvalue weighted by molar-refractivity contribution is -0.126. The van der Waals surface area contributed by atoms with Crippen molar-refractivity contribution < 1.29 is 9.53 Å². The predicted molar refractivity (Wildman–Crippen MR) is 57.0 cm³/mol. The zero-order valence-corrected chi connectivity index (χ0v) is 9.21. The molecule has 0 saturated heterocycles. The zero-order chi connectivity index (χ0) is 10.8. The molecule has 0 aromatic rings. The first-order valence-corrected chi connectivity index (χ1v) is 5.31. The van der Waals surface area contributed by atoms with E-state index in [9.17, 15) is 4.79 Å². The molecule has 14 heavy (non-hydrogen) atoms. The first kappa shape index (κ1) is 13.4. The molecule has 1 atom stereocenters. The fraction of sp³-hybridized carbons (Fsp3) is 0.900. The molecular formula is C10H22N2O2. The van der Waals surface area contributed by atoms with Gasteiger partial charge in [0, 0.05) is 12.6 Å². The summed E-state index contributed by atoms with van der Waals surface area (Å²) in [5, 5.41) is 2.88. The summed E-state index contributed by atoms with van der Waals surface area (Å²) in [6, 6.07) is 0.192. The van der Waals surface area contributed by atoms with E-state index in [1.54, 1.807) is 0 Å². The van der Waals surface area contributed by atoms with E-state index in [-0.39, 0.29) is 18.6 Å². The van der Waals surface area contributed by atoms with Gasteiger partial charge in [-0.05, 0) is 25.8 Å². The Morgan fingerprint density at radius 2 is 2.21 bits per heavy atom. The molecule has 0 aliphatic heterocycles. The highest BCUT2D eigenvalue weighted by Crippen LogP contribution is 1.95. The van der Waals surface area contributed by atoms with E-state index in [0.29, 0.717) is 13.2 Å². The topological polar surface area (TPSA) is 64.3 Å². The van der Waals surface area contributed by atoms with Gasteiger partial charge in [0.2, 0.25) is 5.91 Å². The quantitative estimate of drug-likeness (QED) is 0.568. The van der Waals surface area contributed by atoms with Crippen molar-refractivity contribution in [3.63, 3.8) is 0 Å². The molecule has 1 unspecified atom stereocenters. The molecule has 0 rings (SSSR count). The van der Waals surface area contributed by atoms with Crippen molar-refractivity contribution in [2.45, 2.75) is 39.2 Å². The Hall–Kier alpha value is -0.610. The molecule has 84 valence electrons. The number of hydrogen-bond donors (Lipinski definition) is 2. The minimum absolute atomic E-state index is 0.0428.